The van der Waals surface area contributed by atoms with Crippen LogP contribution in [0.25, 0.3) is 6.08 Å². The Balaban J connectivity index is 1.84. The zero-order valence-corrected chi connectivity index (χ0v) is 12.7. The SMILES string of the molecule is O=C(/C=C/c1cccs1)NNC(=O)c1ccc(Br)cc1. The summed E-state index contributed by atoms with van der Waals surface area (Å²) >= 11 is 4.82. The average Bonchev–Trinajstić information content (AvgIpc) is 2.96. The zero-order chi connectivity index (χ0) is 14.4. The van der Waals surface area contributed by atoms with Gasteiger partial charge in [-0.3, -0.25) is 20.4 Å². The predicted molar refractivity (Wildman–Crippen MR) is 83.1 cm³/mol. The molecule has 0 aliphatic heterocycles. The van der Waals surface area contributed by atoms with E-state index in [9.17, 15) is 9.59 Å². The number of hydrogen-bond acceptors (Lipinski definition) is 3. The number of carbonyl (C=O) groups excluding carboxylic acids is 2. The van der Waals surface area contributed by atoms with E-state index in [0.717, 1.165) is 9.35 Å². The standard InChI is InChI=1S/C14H11BrN2O2S/c15-11-5-3-10(4-6-11)14(19)17-16-13(18)8-7-12-2-1-9-20-12/h1-9H,(H,16,18)(H,17,19)/b8-7+. The topological polar surface area (TPSA) is 58.2 Å². The van der Waals surface area contributed by atoms with Crippen LogP contribution in [-0.2, 0) is 4.79 Å². The molecular weight excluding hydrogens is 340 g/mol. The number of amides is 2. The third-order valence-electron chi connectivity index (χ3n) is 2.35. The van der Waals surface area contributed by atoms with Crippen molar-refractivity contribution in [2.75, 3.05) is 0 Å². The molecule has 2 N–H and O–H groups in total. The number of benzene rings is 1. The number of nitrogens with one attached hydrogen (secondary N) is 2. The Morgan fingerprint density at radius 1 is 1.10 bits per heavy atom. The van der Waals surface area contributed by atoms with Crippen LogP contribution >= 0.6 is 27.3 Å². The molecule has 0 aliphatic rings. The molecule has 1 aromatic heterocycles. The smallest absolute Gasteiger partial charge is 0.268 e. The summed E-state index contributed by atoms with van der Waals surface area (Å²) in [6, 6.07) is 10.6. The summed E-state index contributed by atoms with van der Waals surface area (Å²) < 4.78 is 0.886. The van der Waals surface area contributed by atoms with E-state index in [-0.39, 0.29) is 11.8 Å². The van der Waals surface area contributed by atoms with Crippen molar-refractivity contribution in [2.45, 2.75) is 0 Å². The molecule has 2 aromatic rings. The Bertz CT molecular complexity index is 621. The van der Waals surface area contributed by atoms with E-state index in [4.69, 9.17) is 0 Å². The van der Waals surface area contributed by atoms with Gasteiger partial charge >= 0.3 is 0 Å². The number of rotatable bonds is 3. The second-order valence-electron chi connectivity index (χ2n) is 3.80. The molecule has 0 saturated carbocycles. The highest BCUT2D eigenvalue weighted by atomic mass is 79.9. The van der Waals surface area contributed by atoms with Crippen molar-refractivity contribution in [3.8, 4) is 0 Å². The third kappa shape index (κ3) is 4.32. The highest BCUT2D eigenvalue weighted by Crippen LogP contribution is 2.10. The van der Waals surface area contributed by atoms with Crippen LogP contribution in [0, 0.1) is 0 Å². The van der Waals surface area contributed by atoms with Gasteiger partial charge in [0.05, 0.1) is 0 Å². The first-order chi connectivity index (χ1) is 9.65. The number of halogens is 1. The largest absolute Gasteiger partial charge is 0.269 e. The minimum absolute atomic E-state index is 0.365. The summed E-state index contributed by atoms with van der Waals surface area (Å²) in [4.78, 5) is 24.2. The number of carbonyl (C=O) groups is 2. The summed E-state index contributed by atoms with van der Waals surface area (Å²) in [7, 11) is 0. The van der Waals surface area contributed by atoms with Gasteiger partial charge < -0.3 is 0 Å². The van der Waals surface area contributed by atoms with Gasteiger partial charge in [-0.1, -0.05) is 22.0 Å². The van der Waals surface area contributed by atoms with Crippen LogP contribution in [0.2, 0.25) is 0 Å². The first-order valence-corrected chi connectivity index (χ1v) is 7.40. The Kier molecular flexibility index (Phi) is 5.09. The van der Waals surface area contributed by atoms with Crippen molar-refractivity contribution in [2.24, 2.45) is 0 Å². The van der Waals surface area contributed by atoms with Gasteiger partial charge in [0.2, 0.25) is 0 Å². The van der Waals surface area contributed by atoms with Gasteiger partial charge in [-0.05, 0) is 41.8 Å². The lowest BCUT2D eigenvalue weighted by Crippen LogP contribution is -2.40. The van der Waals surface area contributed by atoms with E-state index in [1.54, 1.807) is 30.3 Å². The molecule has 1 aromatic carbocycles. The molecule has 2 rings (SSSR count). The number of hydrogen-bond donors (Lipinski definition) is 2. The summed E-state index contributed by atoms with van der Waals surface area (Å²) in [5, 5.41) is 1.92. The lowest BCUT2D eigenvalue weighted by molar-refractivity contribution is -0.117. The maximum absolute atomic E-state index is 11.7. The molecule has 0 aliphatic carbocycles. The van der Waals surface area contributed by atoms with E-state index in [1.807, 2.05) is 17.5 Å². The maximum Gasteiger partial charge on any atom is 0.269 e. The molecule has 6 heteroatoms. The molecule has 1 heterocycles. The molecule has 102 valence electrons. The van der Waals surface area contributed by atoms with Crippen LogP contribution in [-0.4, -0.2) is 11.8 Å². The molecule has 0 radical (unpaired) electrons. The molecule has 0 saturated heterocycles. The second kappa shape index (κ2) is 7.02. The Morgan fingerprint density at radius 2 is 1.85 bits per heavy atom. The fourth-order valence-electron chi connectivity index (χ4n) is 1.38. The first-order valence-electron chi connectivity index (χ1n) is 5.72. The summed E-state index contributed by atoms with van der Waals surface area (Å²) in [6.45, 7) is 0. The normalized spacial score (nSPS) is 10.4. The van der Waals surface area contributed by atoms with Crippen LogP contribution in [0.4, 0.5) is 0 Å². The fourth-order valence-corrected chi connectivity index (χ4v) is 2.26. The van der Waals surface area contributed by atoms with Crippen molar-refractivity contribution in [3.05, 3.63) is 62.8 Å². The summed E-state index contributed by atoms with van der Waals surface area (Å²) in [5.74, 6) is -0.751. The zero-order valence-electron chi connectivity index (χ0n) is 10.3. The van der Waals surface area contributed by atoms with E-state index in [1.165, 1.54) is 17.4 Å². The van der Waals surface area contributed by atoms with E-state index in [2.05, 4.69) is 26.8 Å². The fraction of sp³-hybridized carbons (Fsp3) is 0. The van der Waals surface area contributed by atoms with Crippen molar-refractivity contribution < 1.29 is 9.59 Å². The molecule has 0 atom stereocenters. The molecule has 4 nitrogen and oxygen atoms in total. The second-order valence-corrected chi connectivity index (χ2v) is 5.69. The number of thiophene rings is 1. The Labute approximate surface area is 128 Å². The van der Waals surface area contributed by atoms with Crippen LogP contribution < -0.4 is 10.9 Å². The van der Waals surface area contributed by atoms with Gasteiger partial charge in [-0.25, -0.2) is 0 Å². The van der Waals surface area contributed by atoms with Crippen LogP contribution in [0.1, 0.15) is 15.2 Å². The quantitative estimate of drug-likeness (QED) is 0.660. The van der Waals surface area contributed by atoms with Crippen molar-refractivity contribution in [1.82, 2.24) is 10.9 Å². The van der Waals surface area contributed by atoms with Gasteiger partial charge in [-0.15, -0.1) is 11.3 Å². The minimum atomic E-state index is -0.385. The van der Waals surface area contributed by atoms with E-state index < -0.39 is 0 Å². The highest BCUT2D eigenvalue weighted by molar-refractivity contribution is 9.10. The van der Waals surface area contributed by atoms with Crippen molar-refractivity contribution in [1.29, 1.82) is 0 Å². The monoisotopic (exact) mass is 350 g/mol. The summed E-state index contributed by atoms with van der Waals surface area (Å²) in [6.07, 6.45) is 3.06. The average molecular weight is 351 g/mol. The molecule has 0 spiro atoms. The third-order valence-corrected chi connectivity index (χ3v) is 3.71. The number of hydrazine groups is 1. The molecule has 0 bridgehead atoms. The molecule has 0 fully saturated rings. The Hall–Kier alpha value is -1.92. The maximum atomic E-state index is 11.7. The van der Waals surface area contributed by atoms with E-state index >= 15 is 0 Å². The molecule has 0 unspecified atom stereocenters. The van der Waals surface area contributed by atoms with Gasteiger partial charge in [0.25, 0.3) is 11.8 Å². The van der Waals surface area contributed by atoms with Crippen LogP contribution in [0.15, 0.2) is 52.3 Å². The lowest BCUT2D eigenvalue weighted by atomic mass is 10.2. The Morgan fingerprint density at radius 3 is 2.50 bits per heavy atom. The summed E-state index contributed by atoms with van der Waals surface area (Å²) in [5.41, 5.74) is 5.14. The predicted octanol–water partition coefficient (Wildman–Crippen LogP) is 2.99. The van der Waals surface area contributed by atoms with Crippen molar-refractivity contribution >= 4 is 45.2 Å². The van der Waals surface area contributed by atoms with Gasteiger partial charge in [0, 0.05) is 21.0 Å². The minimum Gasteiger partial charge on any atom is -0.268 e. The first kappa shape index (κ1) is 14.5. The molecule has 2 amide bonds. The van der Waals surface area contributed by atoms with E-state index in [0.29, 0.717) is 5.56 Å². The van der Waals surface area contributed by atoms with Crippen molar-refractivity contribution in [3.63, 3.8) is 0 Å². The molecular formula is C14H11BrN2O2S. The highest BCUT2D eigenvalue weighted by Gasteiger charge is 2.05. The van der Waals surface area contributed by atoms with Crippen LogP contribution in [0.5, 0.6) is 0 Å². The van der Waals surface area contributed by atoms with Crippen LogP contribution in [0.3, 0.4) is 0 Å². The molecule has 20 heavy (non-hydrogen) atoms. The lowest BCUT2D eigenvalue weighted by Gasteiger charge is -2.05. The van der Waals surface area contributed by atoms with Gasteiger partial charge in [0.15, 0.2) is 0 Å². The van der Waals surface area contributed by atoms with Gasteiger partial charge in [-0.2, -0.15) is 0 Å². The van der Waals surface area contributed by atoms with Gasteiger partial charge in [0.1, 0.15) is 0 Å².